The molecule has 2 rings (SSSR count). The number of rotatable bonds is 6. The number of nitrogens with one attached hydrogen (secondary N) is 2. The lowest BCUT2D eigenvalue weighted by Gasteiger charge is -2.17. The average molecular weight is 318 g/mol. The van der Waals surface area contributed by atoms with E-state index >= 15 is 0 Å². The molecular formula is C16H22N4O3. The number of nitrogens with zero attached hydrogens (tertiary/aromatic N) is 2. The lowest BCUT2D eigenvalue weighted by atomic mass is 10.2. The predicted molar refractivity (Wildman–Crippen MR) is 86.6 cm³/mol. The van der Waals surface area contributed by atoms with Gasteiger partial charge in [0.05, 0.1) is 25.2 Å². The van der Waals surface area contributed by atoms with E-state index in [2.05, 4.69) is 25.3 Å². The van der Waals surface area contributed by atoms with Crippen LogP contribution in [-0.2, 0) is 14.3 Å². The molecule has 0 bridgehead atoms. The molecule has 1 fully saturated rings. The van der Waals surface area contributed by atoms with Crippen molar-refractivity contribution in [3.8, 4) is 0 Å². The predicted octanol–water partition coefficient (Wildman–Crippen LogP) is 1.52. The normalized spacial score (nSPS) is 16.3. The van der Waals surface area contributed by atoms with Crippen LogP contribution in [0.25, 0.3) is 6.08 Å². The molecule has 2 N–H and O–H groups in total. The number of aromatic nitrogens is 2. The number of hydrogen-bond acceptors (Lipinski definition) is 6. The Hall–Kier alpha value is -2.44. The summed E-state index contributed by atoms with van der Waals surface area (Å²) in [6, 6.07) is -0.0926. The Morgan fingerprint density at radius 3 is 2.65 bits per heavy atom. The summed E-state index contributed by atoms with van der Waals surface area (Å²) >= 11 is 0. The van der Waals surface area contributed by atoms with Gasteiger partial charge >= 0.3 is 5.97 Å². The maximum Gasteiger partial charge on any atom is 0.330 e. The average Bonchev–Trinajstić information content (AvgIpc) is 3.06. The Morgan fingerprint density at radius 1 is 1.30 bits per heavy atom. The second-order valence-electron chi connectivity index (χ2n) is 5.54. The Labute approximate surface area is 135 Å². The molecule has 0 aliphatic heterocycles. The van der Waals surface area contributed by atoms with Gasteiger partial charge in [-0.3, -0.25) is 9.78 Å². The number of ether oxygens (including phenoxy) is 1. The molecule has 1 aromatic rings. The summed E-state index contributed by atoms with van der Waals surface area (Å²) in [6.45, 7) is 1.79. The van der Waals surface area contributed by atoms with E-state index < -0.39 is 5.97 Å². The highest BCUT2D eigenvalue weighted by Gasteiger charge is 2.20. The first-order valence-corrected chi connectivity index (χ1v) is 7.73. The fourth-order valence-corrected chi connectivity index (χ4v) is 2.40. The number of anilines is 1. The second kappa shape index (κ2) is 8.26. The quantitative estimate of drug-likeness (QED) is 0.610. The monoisotopic (exact) mass is 318 g/mol. The lowest BCUT2D eigenvalue weighted by molar-refractivity contribution is -0.134. The van der Waals surface area contributed by atoms with E-state index in [1.165, 1.54) is 44.5 Å². The first-order chi connectivity index (χ1) is 11.1. The summed E-state index contributed by atoms with van der Waals surface area (Å²) in [5, 5.41) is 6.05. The second-order valence-corrected chi connectivity index (χ2v) is 5.54. The molecule has 1 saturated carbocycles. The fraction of sp³-hybridized carbons (Fsp3) is 0.500. The molecule has 1 heterocycles. The standard InChI is InChI=1S/C16H22N4O3/c1-11(16(22)20-12-5-3-4-6-12)19-14-10-17-13(9-18-14)7-8-15(21)23-2/h7-12H,3-6H2,1-2H3,(H,18,19)(H,20,22)/b8-7+/t11-/m1/s1. The third-order valence-corrected chi connectivity index (χ3v) is 3.72. The van der Waals surface area contributed by atoms with Crippen LogP contribution >= 0.6 is 0 Å². The number of carbonyl (C=O) groups excluding carboxylic acids is 2. The van der Waals surface area contributed by atoms with Crippen molar-refractivity contribution in [3.63, 3.8) is 0 Å². The summed E-state index contributed by atoms with van der Waals surface area (Å²) in [5.74, 6) is 0.0221. The van der Waals surface area contributed by atoms with Gasteiger partial charge in [-0.15, -0.1) is 0 Å². The molecule has 124 valence electrons. The van der Waals surface area contributed by atoms with Crippen LogP contribution in [0.4, 0.5) is 5.82 Å². The van der Waals surface area contributed by atoms with Crippen molar-refractivity contribution in [2.75, 3.05) is 12.4 Å². The van der Waals surface area contributed by atoms with Crippen LogP contribution in [0.5, 0.6) is 0 Å². The summed E-state index contributed by atoms with van der Waals surface area (Å²) in [4.78, 5) is 31.4. The van der Waals surface area contributed by atoms with Gasteiger partial charge in [-0.25, -0.2) is 9.78 Å². The third-order valence-electron chi connectivity index (χ3n) is 3.72. The van der Waals surface area contributed by atoms with Crippen molar-refractivity contribution >= 4 is 23.8 Å². The third kappa shape index (κ3) is 5.36. The SMILES string of the molecule is COC(=O)/C=C/c1cnc(N[C@H](C)C(=O)NC2CCCC2)cn1. The van der Waals surface area contributed by atoms with Gasteiger partial charge in [-0.05, 0) is 25.8 Å². The number of carbonyl (C=O) groups is 2. The van der Waals surface area contributed by atoms with E-state index in [-0.39, 0.29) is 11.9 Å². The Morgan fingerprint density at radius 2 is 2.04 bits per heavy atom. The van der Waals surface area contributed by atoms with Gasteiger partial charge in [-0.1, -0.05) is 12.8 Å². The molecule has 7 heteroatoms. The van der Waals surface area contributed by atoms with E-state index in [4.69, 9.17) is 0 Å². The van der Waals surface area contributed by atoms with Crippen LogP contribution in [0.15, 0.2) is 18.5 Å². The molecule has 0 spiro atoms. The van der Waals surface area contributed by atoms with E-state index in [0.29, 0.717) is 17.6 Å². The highest BCUT2D eigenvalue weighted by Crippen LogP contribution is 2.17. The zero-order valence-corrected chi connectivity index (χ0v) is 13.4. The van der Waals surface area contributed by atoms with Crippen LogP contribution in [0.1, 0.15) is 38.3 Å². The summed E-state index contributed by atoms with van der Waals surface area (Å²) in [6.07, 6.45) is 10.3. The van der Waals surface area contributed by atoms with Gasteiger partial charge in [-0.2, -0.15) is 0 Å². The number of methoxy groups -OCH3 is 1. The molecule has 1 atom stereocenters. The van der Waals surface area contributed by atoms with Crippen LogP contribution in [-0.4, -0.2) is 41.0 Å². The highest BCUT2D eigenvalue weighted by molar-refractivity contribution is 5.86. The smallest absolute Gasteiger partial charge is 0.330 e. The molecule has 0 radical (unpaired) electrons. The molecule has 0 unspecified atom stereocenters. The number of amides is 1. The molecule has 1 aliphatic rings. The van der Waals surface area contributed by atoms with E-state index in [1.54, 1.807) is 6.92 Å². The lowest BCUT2D eigenvalue weighted by Crippen LogP contribution is -2.42. The molecule has 0 saturated heterocycles. The zero-order valence-electron chi connectivity index (χ0n) is 13.4. The van der Waals surface area contributed by atoms with Crippen molar-refractivity contribution in [3.05, 3.63) is 24.2 Å². The number of esters is 1. The highest BCUT2D eigenvalue weighted by atomic mass is 16.5. The van der Waals surface area contributed by atoms with Gasteiger partial charge in [0.15, 0.2) is 0 Å². The van der Waals surface area contributed by atoms with Crippen molar-refractivity contribution in [1.29, 1.82) is 0 Å². The van der Waals surface area contributed by atoms with Gasteiger partial charge in [0.2, 0.25) is 5.91 Å². The first-order valence-electron chi connectivity index (χ1n) is 7.73. The molecule has 1 amide bonds. The number of hydrogen-bond donors (Lipinski definition) is 2. The largest absolute Gasteiger partial charge is 0.466 e. The van der Waals surface area contributed by atoms with Crippen molar-refractivity contribution in [2.24, 2.45) is 0 Å². The Balaban J connectivity index is 1.85. The molecule has 0 aromatic carbocycles. The molecular weight excluding hydrogens is 296 g/mol. The van der Waals surface area contributed by atoms with Crippen molar-refractivity contribution in [1.82, 2.24) is 15.3 Å². The van der Waals surface area contributed by atoms with Crippen molar-refractivity contribution in [2.45, 2.75) is 44.7 Å². The molecule has 7 nitrogen and oxygen atoms in total. The summed E-state index contributed by atoms with van der Waals surface area (Å²) in [7, 11) is 1.31. The minimum atomic E-state index is -0.453. The molecule has 1 aromatic heterocycles. The molecule has 23 heavy (non-hydrogen) atoms. The van der Waals surface area contributed by atoms with Crippen LogP contribution in [0, 0.1) is 0 Å². The van der Waals surface area contributed by atoms with Crippen LogP contribution < -0.4 is 10.6 Å². The minimum absolute atomic E-state index is 0.0339. The first kappa shape index (κ1) is 16.9. The van der Waals surface area contributed by atoms with Crippen molar-refractivity contribution < 1.29 is 14.3 Å². The van der Waals surface area contributed by atoms with Gasteiger partial charge in [0.1, 0.15) is 11.9 Å². The van der Waals surface area contributed by atoms with Gasteiger partial charge < -0.3 is 15.4 Å². The zero-order chi connectivity index (χ0) is 16.7. The van der Waals surface area contributed by atoms with Gasteiger partial charge in [0.25, 0.3) is 0 Å². The minimum Gasteiger partial charge on any atom is -0.466 e. The molecule has 1 aliphatic carbocycles. The summed E-state index contributed by atoms with van der Waals surface area (Å²) < 4.78 is 4.50. The maximum atomic E-state index is 12.1. The Bertz CT molecular complexity index is 565. The topological polar surface area (TPSA) is 93.2 Å². The van der Waals surface area contributed by atoms with Crippen LogP contribution in [0.3, 0.4) is 0 Å². The van der Waals surface area contributed by atoms with Gasteiger partial charge in [0, 0.05) is 12.1 Å². The Kier molecular flexibility index (Phi) is 6.08. The summed E-state index contributed by atoms with van der Waals surface area (Å²) in [5.41, 5.74) is 0.531. The maximum absolute atomic E-state index is 12.1. The van der Waals surface area contributed by atoms with E-state index in [1.807, 2.05) is 0 Å². The van der Waals surface area contributed by atoms with E-state index in [9.17, 15) is 9.59 Å². The van der Waals surface area contributed by atoms with Crippen LogP contribution in [0.2, 0.25) is 0 Å². The fourth-order valence-electron chi connectivity index (χ4n) is 2.40. The van der Waals surface area contributed by atoms with E-state index in [0.717, 1.165) is 12.8 Å².